The summed E-state index contributed by atoms with van der Waals surface area (Å²) in [6, 6.07) is 2.04. The Morgan fingerprint density at radius 3 is 2.80 bits per heavy atom. The first-order chi connectivity index (χ1) is 9.41. The summed E-state index contributed by atoms with van der Waals surface area (Å²) in [7, 11) is -3.45. The lowest BCUT2D eigenvalue weighted by Crippen LogP contribution is -2.05. The minimum Gasteiger partial charge on any atom is -0.271 e. The van der Waals surface area contributed by atoms with Crippen molar-refractivity contribution in [1.29, 1.82) is 5.26 Å². The molecule has 0 radical (unpaired) electrons. The van der Waals surface area contributed by atoms with Gasteiger partial charge in [-0.1, -0.05) is 0 Å². The second-order valence-electron chi connectivity index (χ2n) is 4.36. The number of sulfone groups is 1. The zero-order valence-electron chi connectivity index (χ0n) is 11.1. The van der Waals surface area contributed by atoms with E-state index in [2.05, 4.69) is 15.1 Å². The molecule has 0 aliphatic rings. The monoisotopic (exact) mass is 291 g/mol. The lowest BCUT2D eigenvalue weighted by molar-refractivity contribution is 0.593. The molecule has 0 aromatic carbocycles. The van der Waals surface area contributed by atoms with E-state index in [0.29, 0.717) is 24.2 Å². The van der Waals surface area contributed by atoms with Crippen molar-refractivity contribution in [1.82, 2.24) is 19.7 Å². The molecule has 8 heteroatoms. The van der Waals surface area contributed by atoms with Gasteiger partial charge < -0.3 is 0 Å². The van der Waals surface area contributed by atoms with Crippen molar-refractivity contribution in [2.24, 2.45) is 0 Å². The minimum absolute atomic E-state index is 0.206. The van der Waals surface area contributed by atoms with E-state index in [1.165, 1.54) is 6.20 Å². The predicted octanol–water partition coefficient (Wildman–Crippen LogP) is 0.966. The number of aryl methyl sites for hydroxylation is 2. The van der Waals surface area contributed by atoms with Crippen LogP contribution in [-0.2, 0) is 16.4 Å². The van der Waals surface area contributed by atoms with Crippen LogP contribution in [0.5, 0.6) is 0 Å². The Morgan fingerprint density at radius 1 is 1.40 bits per heavy atom. The van der Waals surface area contributed by atoms with Gasteiger partial charge in [0.1, 0.15) is 0 Å². The van der Waals surface area contributed by atoms with Crippen LogP contribution in [-0.4, -0.2) is 34.4 Å². The highest BCUT2D eigenvalue weighted by Gasteiger charge is 2.15. The van der Waals surface area contributed by atoms with Gasteiger partial charge in [-0.25, -0.2) is 18.4 Å². The molecule has 0 saturated heterocycles. The Bertz CT molecular complexity index is 773. The van der Waals surface area contributed by atoms with Crippen LogP contribution >= 0.6 is 0 Å². The molecular formula is C12H13N5O2S. The van der Waals surface area contributed by atoms with Crippen LogP contribution in [0.3, 0.4) is 0 Å². The Morgan fingerprint density at radius 2 is 2.15 bits per heavy atom. The highest BCUT2D eigenvalue weighted by molar-refractivity contribution is 7.90. The van der Waals surface area contributed by atoms with Gasteiger partial charge in [0.2, 0.25) is 15.0 Å². The summed E-state index contributed by atoms with van der Waals surface area (Å²) >= 11 is 0. The largest absolute Gasteiger partial charge is 0.271 e. The van der Waals surface area contributed by atoms with Gasteiger partial charge in [0.25, 0.3) is 0 Å². The van der Waals surface area contributed by atoms with Crippen molar-refractivity contribution < 1.29 is 8.42 Å². The fourth-order valence-electron chi connectivity index (χ4n) is 1.67. The van der Waals surface area contributed by atoms with Crippen molar-refractivity contribution in [2.45, 2.75) is 25.0 Å². The smallest absolute Gasteiger partial charge is 0.247 e. The van der Waals surface area contributed by atoms with E-state index in [-0.39, 0.29) is 5.16 Å². The van der Waals surface area contributed by atoms with E-state index in [0.717, 1.165) is 11.8 Å². The SMILES string of the molecule is Cc1cnc(S(C)(=O)=O)nc1-c1cnn(CCC#N)c1. The molecule has 0 aliphatic heterocycles. The Balaban J connectivity index is 2.42. The lowest BCUT2D eigenvalue weighted by Gasteiger charge is -2.03. The molecule has 0 fully saturated rings. The molecule has 2 heterocycles. The molecular weight excluding hydrogens is 278 g/mol. The molecule has 0 atom stereocenters. The molecule has 20 heavy (non-hydrogen) atoms. The maximum absolute atomic E-state index is 11.5. The quantitative estimate of drug-likeness (QED) is 0.778. The van der Waals surface area contributed by atoms with Crippen LogP contribution < -0.4 is 0 Å². The number of nitrogens with zero attached hydrogens (tertiary/aromatic N) is 5. The fraction of sp³-hybridized carbons (Fsp3) is 0.333. The molecule has 7 nitrogen and oxygen atoms in total. The number of hydrogen-bond acceptors (Lipinski definition) is 6. The predicted molar refractivity (Wildman–Crippen MR) is 71.3 cm³/mol. The van der Waals surface area contributed by atoms with Crippen molar-refractivity contribution in [2.75, 3.05) is 6.26 Å². The topological polar surface area (TPSA) is 102 Å². The first-order valence-corrected chi connectivity index (χ1v) is 7.74. The van der Waals surface area contributed by atoms with Gasteiger partial charge in [-0.3, -0.25) is 4.68 Å². The third-order valence-electron chi connectivity index (χ3n) is 2.64. The van der Waals surface area contributed by atoms with Gasteiger partial charge in [0.15, 0.2) is 0 Å². The second-order valence-corrected chi connectivity index (χ2v) is 6.27. The van der Waals surface area contributed by atoms with Crippen LogP contribution in [0.15, 0.2) is 23.7 Å². The van der Waals surface area contributed by atoms with Crippen LogP contribution in [0.4, 0.5) is 0 Å². The van der Waals surface area contributed by atoms with Crippen molar-refractivity contribution in [3.8, 4) is 17.3 Å². The normalized spacial score (nSPS) is 11.2. The number of nitriles is 1. The third-order valence-corrected chi connectivity index (χ3v) is 3.50. The molecule has 104 valence electrons. The van der Waals surface area contributed by atoms with E-state index < -0.39 is 9.84 Å². The maximum Gasteiger partial charge on any atom is 0.247 e. The molecule has 0 aliphatic carbocycles. The highest BCUT2D eigenvalue weighted by Crippen LogP contribution is 2.21. The average Bonchev–Trinajstić information content (AvgIpc) is 2.84. The zero-order chi connectivity index (χ0) is 14.8. The molecule has 0 saturated carbocycles. The average molecular weight is 291 g/mol. The summed E-state index contributed by atoms with van der Waals surface area (Å²) in [6.45, 7) is 2.29. The summed E-state index contributed by atoms with van der Waals surface area (Å²) in [5.74, 6) is 0. The molecule has 0 spiro atoms. The lowest BCUT2D eigenvalue weighted by atomic mass is 10.2. The molecule has 2 aromatic rings. The molecule has 0 amide bonds. The van der Waals surface area contributed by atoms with E-state index >= 15 is 0 Å². The van der Waals surface area contributed by atoms with E-state index in [1.54, 1.807) is 24.0 Å². The number of hydrogen-bond donors (Lipinski definition) is 0. The number of rotatable bonds is 4. The first kappa shape index (κ1) is 14.1. The molecule has 0 unspecified atom stereocenters. The van der Waals surface area contributed by atoms with Gasteiger partial charge >= 0.3 is 0 Å². The molecule has 2 aromatic heterocycles. The van der Waals surface area contributed by atoms with Crippen molar-refractivity contribution in [3.05, 3.63) is 24.2 Å². The van der Waals surface area contributed by atoms with Gasteiger partial charge in [0.05, 0.1) is 30.9 Å². The van der Waals surface area contributed by atoms with Crippen LogP contribution in [0.1, 0.15) is 12.0 Å². The molecule has 0 N–H and O–H groups in total. The Kier molecular flexibility index (Phi) is 3.81. The zero-order valence-corrected chi connectivity index (χ0v) is 11.9. The summed E-state index contributed by atoms with van der Waals surface area (Å²) in [5, 5.41) is 12.5. The standard InChI is InChI=1S/C12H13N5O2S/c1-9-6-14-12(20(2,18)19)16-11(9)10-7-15-17(8-10)5-3-4-13/h6-8H,3,5H2,1-2H3. The second kappa shape index (κ2) is 5.38. The summed E-state index contributed by atoms with van der Waals surface area (Å²) < 4.78 is 24.6. The number of aromatic nitrogens is 4. The van der Waals surface area contributed by atoms with Gasteiger partial charge in [-0.15, -0.1) is 0 Å². The summed E-state index contributed by atoms with van der Waals surface area (Å²) in [4.78, 5) is 7.91. The summed E-state index contributed by atoms with van der Waals surface area (Å²) in [6.07, 6.45) is 6.24. The minimum atomic E-state index is -3.45. The third kappa shape index (κ3) is 3.00. The van der Waals surface area contributed by atoms with Gasteiger partial charge in [-0.05, 0) is 12.5 Å². The van der Waals surface area contributed by atoms with Gasteiger partial charge in [0, 0.05) is 24.2 Å². The van der Waals surface area contributed by atoms with E-state index in [9.17, 15) is 8.42 Å². The van der Waals surface area contributed by atoms with Crippen molar-refractivity contribution >= 4 is 9.84 Å². The van der Waals surface area contributed by atoms with Crippen LogP contribution in [0.2, 0.25) is 0 Å². The van der Waals surface area contributed by atoms with Crippen LogP contribution in [0, 0.1) is 18.3 Å². The highest BCUT2D eigenvalue weighted by atomic mass is 32.2. The summed E-state index contributed by atoms with van der Waals surface area (Å²) in [5.41, 5.74) is 1.99. The molecule has 2 rings (SSSR count). The maximum atomic E-state index is 11.5. The fourth-order valence-corrected chi connectivity index (χ4v) is 2.17. The van der Waals surface area contributed by atoms with Crippen LogP contribution in [0.25, 0.3) is 11.3 Å². The van der Waals surface area contributed by atoms with E-state index in [4.69, 9.17) is 5.26 Å². The Hall–Kier alpha value is -2.27. The van der Waals surface area contributed by atoms with Crippen molar-refractivity contribution in [3.63, 3.8) is 0 Å². The van der Waals surface area contributed by atoms with E-state index in [1.807, 2.05) is 6.07 Å². The first-order valence-electron chi connectivity index (χ1n) is 5.85. The Labute approximate surface area is 116 Å². The van der Waals surface area contributed by atoms with Gasteiger partial charge in [-0.2, -0.15) is 10.4 Å². The molecule has 0 bridgehead atoms.